The largest absolute Gasteiger partial charge is 0.392 e. The maximum Gasteiger partial charge on any atom is 0.0682 e. The van der Waals surface area contributed by atoms with Crippen LogP contribution in [-0.4, -0.2) is 24.5 Å². The van der Waals surface area contributed by atoms with Gasteiger partial charge < -0.3 is 15.7 Å². The molecule has 0 aliphatic heterocycles. The first kappa shape index (κ1) is 14.8. The molecule has 0 fully saturated rings. The van der Waals surface area contributed by atoms with Gasteiger partial charge >= 0.3 is 0 Å². The lowest BCUT2D eigenvalue weighted by atomic mass is 10.2. The van der Waals surface area contributed by atoms with E-state index in [1.807, 2.05) is 43.1 Å². The van der Waals surface area contributed by atoms with Crippen LogP contribution in [0.25, 0.3) is 0 Å². The van der Waals surface area contributed by atoms with Crippen LogP contribution in [-0.2, 0) is 6.61 Å². The summed E-state index contributed by atoms with van der Waals surface area (Å²) in [4.78, 5) is 1.27. The predicted octanol–water partition coefficient (Wildman–Crippen LogP) is 3.42. The lowest BCUT2D eigenvalue weighted by Crippen LogP contribution is -2.04. The van der Waals surface area contributed by atoms with E-state index in [-0.39, 0.29) is 6.61 Å². The van der Waals surface area contributed by atoms with E-state index in [1.165, 1.54) is 4.90 Å². The Hall–Kier alpha value is -1.65. The van der Waals surface area contributed by atoms with E-state index < -0.39 is 0 Å². The molecule has 3 N–H and O–H groups in total. The zero-order chi connectivity index (χ0) is 14.2. The Balaban J connectivity index is 1.78. The standard InChI is InChI=1S/C16H20N2OS/c1-17-14-5-3-7-16(11-14)20-9-8-18-15-6-2-4-13(10-15)12-19/h2-7,10-11,17-19H,8-9,12H2,1H3. The van der Waals surface area contributed by atoms with Gasteiger partial charge in [-0.2, -0.15) is 0 Å². The fourth-order valence-electron chi connectivity index (χ4n) is 1.89. The van der Waals surface area contributed by atoms with Gasteiger partial charge in [-0.05, 0) is 35.9 Å². The lowest BCUT2D eigenvalue weighted by Gasteiger charge is -2.08. The van der Waals surface area contributed by atoms with Crippen LogP contribution in [0.15, 0.2) is 53.4 Å². The molecule has 3 nitrogen and oxygen atoms in total. The monoisotopic (exact) mass is 288 g/mol. The molecule has 0 heterocycles. The van der Waals surface area contributed by atoms with E-state index in [0.29, 0.717) is 0 Å². The molecule has 2 aromatic rings. The Kier molecular flexibility index (Phi) is 5.77. The van der Waals surface area contributed by atoms with E-state index >= 15 is 0 Å². The number of benzene rings is 2. The number of anilines is 2. The van der Waals surface area contributed by atoms with Crippen molar-refractivity contribution in [3.63, 3.8) is 0 Å². The molecule has 0 saturated carbocycles. The Bertz CT molecular complexity index is 496. The minimum Gasteiger partial charge on any atom is -0.392 e. The topological polar surface area (TPSA) is 44.3 Å². The molecular weight excluding hydrogens is 268 g/mol. The number of thioether (sulfide) groups is 1. The zero-order valence-electron chi connectivity index (χ0n) is 11.6. The molecule has 0 aliphatic carbocycles. The highest BCUT2D eigenvalue weighted by Gasteiger charge is 1.97. The molecule has 2 aromatic carbocycles. The summed E-state index contributed by atoms with van der Waals surface area (Å²) in [6.45, 7) is 0.977. The molecule has 0 saturated heterocycles. The number of hydrogen-bond donors (Lipinski definition) is 3. The van der Waals surface area contributed by atoms with Crippen LogP contribution in [0.4, 0.5) is 11.4 Å². The highest BCUT2D eigenvalue weighted by atomic mass is 32.2. The van der Waals surface area contributed by atoms with Crippen LogP contribution < -0.4 is 10.6 Å². The number of hydrogen-bond acceptors (Lipinski definition) is 4. The molecule has 20 heavy (non-hydrogen) atoms. The number of rotatable bonds is 7. The van der Waals surface area contributed by atoms with Crippen LogP contribution in [0, 0.1) is 0 Å². The summed E-state index contributed by atoms with van der Waals surface area (Å²) in [6, 6.07) is 16.3. The van der Waals surface area contributed by atoms with Crippen LogP contribution >= 0.6 is 11.8 Å². The molecule has 106 valence electrons. The summed E-state index contributed by atoms with van der Waals surface area (Å²) >= 11 is 1.83. The first-order chi connectivity index (χ1) is 9.81. The third-order valence-electron chi connectivity index (χ3n) is 2.93. The Morgan fingerprint density at radius 1 is 1.05 bits per heavy atom. The number of aliphatic hydroxyl groups excluding tert-OH is 1. The fourth-order valence-corrected chi connectivity index (χ4v) is 2.71. The highest BCUT2D eigenvalue weighted by Crippen LogP contribution is 2.21. The fraction of sp³-hybridized carbons (Fsp3) is 0.250. The molecule has 4 heteroatoms. The van der Waals surface area contributed by atoms with Crippen LogP contribution in [0.2, 0.25) is 0 Å². The first-order valence-electron chi connectivity index (χ1n) is 6.66. The summed E-state index contributed by atoms with van der Waals surface area (Å²) in [5.41, 5.74) is 3.13. The minimum atomic E-state index is 0.0844. The van der Waals surface area contributed by atoms with E-state index in [0.717, 1.165) is 29.2 Å². The van der Waals surface area contributed by atoms with Crippen LogP contribution in [0.3, 0.4) is 0 Å². The number of nitrogens with one attached hydrogen (secondary N) is 2. The zero-order valence-corrected chi connectivity index (χ0v) is 12.4. The maximum atomic E-state index is 9.09. The molecular formula is C16H20N2OS. The van der Waals surface area contributed by atoms with E-state index in [9.17, 15) is 0 Å². The Labute approximate surface area is 124 Å². The minimum absolute atomic E-state index is 0.0844. The average Bonchev–Trinajstić information content (AvgIpc) is 2.52. The molecule has 2 rings (SSSR count). The van der Waals surface area contributed by atoms with E-state index in [4.69, 9.17) is 5.11 Å². The summed E-state index contributed by atoms with van der Waals surface area (Å²) in [6.07, 6.45) is 0. The van der Waals surface area contributed by atoms with Gasteiger partial charge in [0.15, 0.2) is 0 Å². The predicted molar refractivity (Wildman–Crippen MR) is 87.6 cm³/mol. The van der Waals surface area contributed by atoms with E-state index in [1.54, 1.807) is 0 Å². The van der Waals surface area contributed by atoms with Crippen LogP contribution in [0.5, 0.6) is 0 Å². The van der Waals surface area contributed by atoms with Crippen molar-refractivity contribution in [3.8, 4) is 0 Å². The molecule has 0 amide bonds. The number of aliphatic hydroxyl groups is 1. The Morgan fingerprint density at radius 2 is 1.85 bits per heavy atom. The molecule has 0 atom stereocenters. The van der Waals surface area contributed by atoms with Crippen molar-refractivity contribution in [2.45, 2.75) is 11.5 Å². The van der Waals surface area contributed by atoms with Crippen molar-refractivity contribution < 1.29 is 5.11 Å². The van der Waals surface area contributed by atoms with Gasteiger partial charge in [-0.15, -0.1) is 11.8 Å². The summed E-state index contributed by atoms with van der Waals surface area (Å²) in [5.74, 6) is 0.997. The molecule has 0 aromatic heterocycles. The van der Waals surface area contributed by atoms with Crippen molar-refractivity contribution in [1.29, 1.82) is 0 Å². The van der Waals surface area contributed by atoms with Gasteiger partial charge in [0.1, 0.15) is 0 Å². The summed E-state index contributed by atoms with van der Waals surface area (Å²) in [7, 11) is 1.93. The van der Waals surface area contributed by atoms with Crippen molar-refractivity contribution in [1.82, 2.24) is 0 Å². The highest BCUT2D eigenvalue weighted by molar-refractivity contribution is 7.99. The van der Waals surface area contributed by atoms with Crippen molar-refractivity contribution in [3.05, 3.63) is 54.1 Å². The average molecular weight is 288 g/mol. The normalized spacial score (nSPS) is 10.3. The molecule has 0 unspecified atom stereocenters. The first-order valence-corrected chi connectivity index (χ1v) is 7.64. The van der Waals surface area contributed by atoms with Gasteiger partial charge in [0.2, 0.25) is 0 Å². The van der Waals surface area contributed by atoms with Crippen molar-refractivity contribution in [2.24, 2.45) is 0 Å². The van der Waals surface area contributed by atoms with Gasteiger partial charge in [-0.25, -0.2) is 0 Å². The summed E-state index contributed by atoms with van der Waals surface area (Å²) in [5, 5.41) is 15.6. The maximum absolute atomic E-state index is 9.09. The van der Waals surface area contributed by atoms with Gasteiger partial charge in [-0.3, -0.25) is 0 Å². The second-order valence-corrected chi connectivity index (χ2v) is 5.58. The second kappa shape index (κ2) is 7.82. The third kappa shape index (κ3) is 4.47. The van der Waals surface area contributed by atoms with Gasteiger partial charge in [-0.1, -0.05) is 18.2 Å². The quantitative estimate of drug-likeness (QED) is 0.539. The molecule has 0 radical (unpaired) electrons. The SMILES string of the molecule is CNc1cccc(SCCNc2cccc(CO)c2)c1. The van der Waals surface area contributed by atoms with Crippen LogP contribution in [0.1, 0.15) is 5.56 Å². The second-order valence-electron chi connectivity index (χ2n) is 4.41. The van der Waals surface area contributed by atoms with Gasteiger partial charge in [0, 0.05) is 35.6 Å². The molecule has 0 spiro atoms. The van der Waals surface area contributed by atoms with Gasteiger partial charge in [0.05, 0.1) is 6.61 Å². The van der Waals surface area contributed by atoms with Gasteiger partial charge in [0.25, 0.3) is 0 Å². The third-order valence-corrected chi connectivity index (χ3v) is 3.93. The molecule has 0 aliphatic rings. The lowest BCUT2D eigenvalue weighted by molar-refractivity contribution is 0.282. The Morgan fingerprint density at radius 3 is 2.65 bits per heavy atom. The van der Waals surface area contributed by atoms with E-state index in [2.05, 4.69) is 34.9 Å². The van der Waals surface area contributed by atoms with Crippen molar-refractivity contribution in [2.75, 3.05) is 30.0 Å². The summed E-state index contributed by atoms with van der Waals surface area (Å²) < 4.78 is 0. The van der Waals surface area contributed by atoms with Crippen molar-refractivity contribution >= 4 is 23.1 Å². The smallest absolute Gasteiger partial charge is 0.0682 e. The molecule has 0 bridgehead atoms.